The van der Waals surface area contributed by atoms with E-state index >= 15 is 0 Å². The van der Waals surface area contributed by atoms with E-state index in [0.717, 1.165) is 5.69 Å². The number of nitrogens with zero attached hydrogens (tertiary/aromatic N) is 5. The SMILES string of the molecule is Cn1cc2n(c1=O)C[C@@](C)(c1cc(NC(=O)c3ccc(C#N)cn3)ccc1F)N=C2[AsH2]. The van der Waals surface area contributed by atoms with Crippen LogP contribution >= 0.6 is 0 Å². The van der Waals surface area contributed by atoms with Crippen LogP contribution in [0.3, 0.4) is 0 Å². The number of nitrogens with one attached hydrogen (secondary N) is 1. The van der Waals surface area contributed by atoms with Gasteiger partial charge in [0.1, 0.15) is 6.07 Å². The third kappa shape index (κ3) is 3.71. The van der Waals surface area contributed by atoms with E-state index in [0.29, 0.717) is 15.8 Å². The number of halogens is 1. The molecule has 0 radical (unpaired) electrons. The van der Waals surface area contributed by atoms with Gasteiger partial charge in [-0.05, 0) is 0 Å². The summed E-state index contributed by atoms with van der Waals surface area (Å²) < 4.78 is 18.6. The van der Waals surface area contributed by atoms with Gasteiger partial charge in [-0.15, -0.1) is 0 Å². The molecule has 2 aromatic heterocycles. The number of imidazole rings is 1. The number of carbonyl (C=O) groups is 1. The Morgan fingerprint density at radius 1 is 1.35 bits per heavy atom. The summed E-state index contributed by atoms with van der Waals surface area (Å²) in [6, 6.07) is 9.12. The summed E-state index contributed by atoms with van der Waals surface area (Å²) in [5.74, 6) is -0.964. The molecule has 0 saturated carbocycles. The van der Waals surface area contributed by atoms with Crippen molar-refractivity contribution in [3.63, 3.8) is 0 Å². The molecule has 4 rings (SSSR count). The third-order valence-electron chi connectivity index (χ3n) is 5.16. The predicted octanol–water partition coefficient (Wildman–Crippen LogP) is 1.15. The molecule has 1 unspecified atom stereocenters. The molecule has 3 heterocycles. The van der Waals surface area contributed by atoms with Crippen molar-refractivity contribution in [2.24, 2.45) is 12.0 Å². The summed E-state index contributed by atoms with van der Waals surface area (Å²) in [5.41, 5.74) is 0.640. The molecule has 0 saturated heterocycles. The number of rotatable bonds is 3. The first-order valence-corrected chi connectivity index (χ1v) is 10.5. The maximum absolute atomic E-state index is 14.8. The van der Waals surface area contributed by atoms with E-state index < -0.39 is 17.3 Å². The van der Waals surface area contributed by atoms with Crippen LogP contribution < -0.4 is 11.0 Å². The van der Waals surface area contributed by atoms with Gasteiger partial charge in [0.15, 0.2) is 0 Å². The molecule has 3 aromatic rings. The molecule has 10 heteroatoms. The number of carbonyl (C=O) groups excluding carboxylic acids is 1. The Labute approximate surface area is 185 Å². The summed E-state index contributed by atoms with van der Waals surface area (Å²) in [4.78, 5) is 33.7. The van der Waals surface area contributed by atoms with Gasteiger partial charge in [-0.3, -0.25) is 0 Å². The van der Waals surface area contributed by atoms with Crippen molar-refractivity contribution in [3.05, 3.63) is 81.5 Å². The predicted molar refractivity (Wildman–Crippen MR) is 115 cm³/mol. The van der Waals surface area contributed by atoms with Gasteiger partial charge in [0.2, 0.25) is 0 Å². The van der Waals surface area contributed by atoms with Gasteiger partial charge in [0.05, 0.1) is 0 Å². The van der Waals surface area contributed by atoms with Gasteiger partial charge in [0.25, 0.3) is 0 Å². The number of benzene rings is 1. The molecule has 1 aliphatic rings. The van der Waals surface area contributed by atoms with Crippen molar-refractivity contribution < 1.29 is 9.18 Å². The van der Waals surface area contributed by atoms with Gasteiger partial charge < -0.3 is 0 Å². The molecule has 1 aromatic carbocycles. The number of amides is 1. The molecule has 31 heavy (non-hydrogen) atoms. The van der Waals surface area contributed by atoms with Crippen LogP contribution in [0.25, 0.3) is 0 Å². The van der Waals surface area contributed by atoms with Crippen molar-refractivity contribution in [2.45, 2.75) is 19.0 Å². The third-order valence-corrected chi connectivity index (χ3v) is 6.06. The van der Waals surface area contributed by atoms with E-state index in [1.165, 1.54) is 57.9 Å². The normalized spacial score (nSPS) is 17.5. The van der Waals surface area contributed by atoms with Crippen LogP contribution in [0.4, 0.5) is 10.1 Å². The number of fused-ring (bicyclic) bond motifs is 1. The zero-order chi connectivity index (χ0) is 22.3. The number of aromatic nitrogens is 3. The van der Waals surface area contributed by atoms with Crippen LogP contribution in [0.2, 0.25) is 0 Å². The van der Waals surface area contributed by atoms with Crippen molar-refractivity contribution in [1.82, 2.24) is 14.1 Å². The Balaban J connectivity index is 1.67. The second-order valence-electron chi connectivity index (χ2n) is 7.46. The zero-order valence-corrected chi connectivity index (χ0v) is 19.2. The van der Waals surface area contributed by atoms with Gasteiger partial charge in [-0.25, -0.2) is 0 Å². The van der Waals surface area contributed by atoms with E-state index in [4.69, 9.17) is 10.3 Å². The number of nitriles is 1. The number of aryl methyl sites for hydroxylation is 1. The first kappa shape index (κ1) is 20.8. The molecule has 1 N–H and O–H groups in total. The van der Waals surface area contributed by atoms with E-state index in [2.05, 4.69) is 10.3 Å². The van der Waals surface area contributed by atoms with E-state index in [-0.39, 0.29) is 23.5 Å². The topological polar surface area (TPSA) is 105 Å². The van der Waals surface area contributed by atoms with Crippen LogP contribution in [0.5, 0.6) is 0 Å². The summed E-state index contributed by atoms with van der Waals surface area (Å²) in [6.45, 7) is 1.95. The summed E-state index contributed by atoms with van der Waals surface area (Å²) >= 11 is 1.25. The molecular weight excluding hydrogens is 462 g/mol. The molecule has 0 fully saturated rings. The number of aliphatic imine (C=N–C) groups is 1. The van der Waals surface area contributed by atoms with Gasteiger partial charge >= 0.3 is 174 Å². The number of anilines is 1. The Hall–Kier alpha value is -3.50. The minimum absolute atomic E-state index is 0.130. The number of hydrogen-bond acceptors (Lipinski definition) is 5. The Morgan fingerprint density at radius 3 is 2.81 bits per heavy atom. The fourth-order valence-corrected chi connectivity index (χ4v) is 4.66. The fourth-order valence-electron chi connectivity index (χ4n) is 3.58. The molecule has 8 nitrogen and oxygen atoms in total. The van der Waals surface area contributed by atoms with E-state index in [1.807, 2.05) is 6.07 Å². The van der Waals surface area contributed by atoms with E-state index in [1.54, 1.807) is 24.7 Å². The van der Waals surface area contributed by atoms with Gasteiger partial charge in [0, 0.05) is 0 Å². The second kappa shape index (κ2) is 7.64. The average molecular weight is 480 g/mol. The monoisotopic (exact) mass is 480 g/mol. The maximum atomic E-state index is 14.8. The van der Waals surface area contributed by atoms with Crippen LogP contribution in [0, 0.1) is 17.1 Å². The van der Waals surface area contributed by atoms with Crippen molar-refractivity contribution in [3.8, 4) is 6.07 Å². The van der Waals surface area contributed by atoms with Gasteiger partial charge in [-0.2, -0.15) is 5.26 Å². The summed E-state index contributed by atoms with van der Waals surface area (Å²) in [7, 11) is 1.67. The average Bonchev–Trinajstić information content (AvgIpc) is 3.03. The fraction of sp³-hybridized carbons (Fsp3) is 0.190. The Morgan fingerprint density at radius 2 is 2.13 bits per heavy atom. The first-order chi connectivity index (χ1) is 14.7. The molecule has 1 amide bonds. The van der Waals surface area contributed by atoms with Crippen LogP contribution in [-0.2, 0) is 19.1 Å². The molecule has 1 aliphatic heterocycles. The minimum atomic E-state index is -1.01. The Bertz CT molecular complexity index is 1340. The van der Waals surface area contributed by atoms with Crippen molar-refractivity contribution in [2.75, 3.05) is 5.32 Å². The standard InChI is InChI=1S/C21H18AsFN6O2/c1-21(11-29-17(18(22)27-21)10-28(2)20(29)31)14-7-13(4-5-15(14)23)26-19(30)16-6-3-12(8-24)9-25-16/h3-7,9-10H,11,22H2,1-2H3,(H,26,30)/t21-/m0/s1. The van der Waals surface area contributed by atoms with Crippen molar-refractivity contribution in [1.29, 1.82) is 5.26 Å². The molecule has 156 valence electrons. The summed E-state index contributed by atoms with van der Waals surface area (Å²) in [6.07, 6.45) is 3.03. The quantitative estimate of drug-likeness (QED) is 0.568. The Kier molecular flexibility index (Phi) is 5.11. The second-order valence-corrected chi connectivity index (χ2v) is 8.60. The van der Waals surface area contributed by atoms with Crippen LogP contribution in [0.1, 0.15) is 34.2 Å². The summed E-state index contributed by atoms with van der Waals surface area (Å²) in [5, 5.41) is 11.5. The number of pyridine rings is 1. The molecule has 0 spiro atoms. The molecular formula is C21H18AsFN6O2. The molecule has 0 bridgehead atoms. The van der Waals surface area contributed by atoms with Crippen LogP contribution in [-0.4, -0.2) is 41.4 Å². The molecule has 0 aliphatic carbocycles. The van der Waals surface area contributed by atoms with E-state index in [9.17, 15) is 14.0 Å². The first-order valence-electron chi connectivity index (χ1n) is 9.31. The molecule has 2 atom stereocenters. The van der Waals surface area contributed by atoms with Crippen LogP contribution in [0.15, 0.2) is 52.5 Å². The number of hydrogen-bond donors (Lipinski definition) is 1. The van der Waals surface area contributed by atoms with Crippen molar-refractivity contribution >= 4 is 32.9 Å². The van der Waals surface area contributed by atoms with Gasteiger partial charge in [-0.1, -0.05) is 0 Å². The zero-order valence-electron chi connectivity index (χ0n) is 16.8.